The molecule has 0 aliphatic carbocycles. The van der Waals surface area contributed by atoms with Crippen LogP contribution in [-0.2, 0) is 4.79 Å². The second-order valence-corrected chi connectivity index (χ2v) is 5.75. The van der Waals surface area contributed by atoms with Gasteiger partial charge in [0.1, 0.15) is 6.04 Å². The molecule has 6 heteroatoms. The first kappa shape index (κ1) is 17.7. The minimum Gasteiger partial charge on any atom is -0.352 e. The first-order valence-electron chi connectivity index (χ1n) is 8.10. The molecule has 0 radical (unpaired) electrons. The monoisotopic (exact) mass is 328 g/mol. The minimum atomic E-state index is -0.710. The van der Waals surface area contributed by atoms with Crippen molar-refractivity contribution < 1.29 is 9.59 Å². The molecule has 0 aliphatic rings. The number of nitrogens with one attached hydrogen (secondary N) is 2. The quantitative estimate of drug-likeness (QED) is 0.622. The van der Waals surface area contributed by atoms with Gasteiger partial charge in [-0.2, -0.15) is 0 Å². The second-order valence-electron chi connectivity index (χ2n) is 5.75. The van der Waals surface area contributed by atoms with E-state index in [-0.39, 0.29) is 18.5 Å². The molecule has 0 saturated carbocycles. The number of hydrogen-bond donors (Lipinski definition) is 4. The molecule has 1 unspecified atom stereocenters. The highest BCUT2D eigenvalue weighted by molar-refractivity contribution is 5.87. The Hall–Kier alpha value is -2.60. The van der Waals surface area contributed by atoms with Gasteiger partial charge in [-0.15, -0.1) is 0 Å². The zero-order valence-electron chi connectivity index (χ0n) is 13.8. The number of carbonyl (C=O) groups is 2. The van der Waals surface area contributed by atoms with Gasteiger partial charge in [-0.1, -0.05) is 49.7 Å². The van der Waals surface area contributed by atoms with Gasteiger partial charge in [-0.05, 0) is 28.8 Å². The van der Waals surface area contributed by atoms with Crippen LogP contribution in [0.25, 0.3) is 10.8 Å². The van der Waals surface area contributed by atoms with Crippen LogP contribution in [0.4, 0.5) is 4.79 Å². The van der Waals surface area contributed by atoms with Crippen LogP contribution in [0.2, 0.25) is 0 Å². The molecule has 2 aromatic rings. The molecule has 3 amide bonds. The first-order valence-corrected chi connectivity index (χ1v) is 8.10. The molecule has 6 N–H and O–H groups in total. The van der Waals surface area contributed by atoms with Crippen LogP contribution in [-0.4, -0.2) is 24.5 Å². The van der Waals surface area contributed by atoms with E-state index in [2.05, 4.69) is 10.6 Å². The largest absolute Gasteiger partial charge is 0.352 e. The molecule has 0 spiro atoms. The zero-order chi connectivity index (χ0) is 17.5. The Kier molecular flexibility index (Phi) is 6.14. The normalized spacial score (nSPS) is 13.2. The van der Waals surface area contributed by atoms with E-state index in [1.807, 2.05) is 49.4 Å². The molecule has 0 aromatic heterocycles. The molecule has 0 saturated heterocycles. The fraction of sp³-hybridized carbons (Fsp3) is 0.333. The zero-order valence-corrected chi connectivity index (χ0v) is 13.8. The molecular formula is C18H24N4O2. The van der Waals surface area contributed by atoms with Crippen molar-refractivity contribution >= 4 is 22.7 Å². The third-order valence-electron chi connectivity index (χ3n) is 3.94. The summed E-state index contributed by atoms with van der Waals surface area (Å²) in [4.78, 5) is 23.5. The molecule has 0 aliphatic heterocycles. The number of fused-ring (bicyclic) bond motifs is 1. The Morgan fingerprint density at radius 1 is 1.08 bits per heavy atom. The van der Waals surface area contributed by atoms with Crippen LogP contribution >= 0.6 is 0 Å². The fourth-order valence-electron chi connectivity index (χ4n) is 2.70. The van der Waals surface area contributed by atoms with Gasteiger partial charge in [0.15, 0.2) is 0 Å². The molecule has 2 atom stereocenters. The van der Waals surface area contributed by atoms with Crippen LogP contribution in [0.1, 0.15) is 31.4 Å². The first-order chi connectivity index (χ1) is 11.5. The van der Waals surface area contributed by atoms with Gasteiger partial charge < -0.3 is 22.1 Å². The van der Waals surface area contributed by atoms with Crippen LogP contribution < -0.4 is 22.1 Å². The van der Waals surface area contributed by atoms with E-state index in [1.165, 1.54) is 0 Å². The summed E-state index contributed by atoms with van der Waals surface area (Å²) < 4.78 is 0. The summed E-state index contributed by atoms with van der Waals surface area (Å²) in [7, 11) is 0. The van der Waals surface area contributed by atoms with Crippen LogP contribution in [0, 0.1) is 0 Å². The van der Waals surface area contributed by atoms with Crippen molar-refractivity contribution in [3.8, 4) is 0 Å². The van der Waals surface area contributed by atoms with E-state index in [9.17, 15) is 9.59 Å². The average Bonchev–Trinajstić information content (AvgIpc) is 2.58. The lowest BCUT2D eigenvalue weighted by molar-refractivity contribution is -0.123. The molecule has 0 fully saturated rings. The van der Waals surface area contributed by atoms with Crippen molar-refractivity contribution in [2.45, 2.75) is 31.8 Å². The lowest BCUT2D eigenvalue weighted by atomic mass is 10.0. The topological polar surface area (TPSA) is 110 Å². The van der Waals surface area contributed by atoms with Gasteiger partial charge in [0.25, 0.3) is 0 Å². The van der Waals surface area contributed by atoms with Crippen molar-refractivity contribution in [1.29, 1.82) is 0 Å². The highest BCUT2D eigenvalue weighted by Crippen LogP contribution is 2.20. The van der Waals surface area contributed by atoms with Crippen molar-refractivity contribution in [2.24, 2.45) is 11.5 Å². The van der Waals surface area contributed by atoms with E-state index < -0.39 is 12.1 Å². The van der Waals surface area contributed by atoms with E-state index in [0.717, 1.165) is 22.8 Å². The summed E-state index contributed by atoms with van der Waals surface area (Å²) in [6.07, 6.45) is 1.27. The minimum absolute atomic E-state index is 0.263. The van der Waals surface area contributed by atoms with Crippen LogP contribution in [0.3, 0.4) is 0 Å². The maximum absolute atomic E-state index is 12.4. The van der Waals surface area contributed by atoms with Crippen molar-refractivity contribution in [3.05, 3.63) is 48.0 Å². The summed E-state index contributed by atoms with van der Waals surface area (Å²) in [5.74, 6) is -0.278. The van der Waals surface area contributed by atoms with Gasteiger partial charge in [0.2, 0.25) is 5.91 Å². The Morgan fingerprint density at radius 3 is 2.42 bits per heavy atom. The van der Waals surface area contributed by atoms with E-state index >= 15 is 0 Å². The summed E-state index contributed by atoms with van der Waals surface area (Å²) in [6, 6.07) is 12.3. The standard InChI is InChI=1S/C18H24N4O2/c1-2-5-15(22-18(20)24)17(23)21-16(11-19)14-9-8-12-6-3-4-7-13(12)10-14/h3-4,6-10,15-16H,2,5,11,19H2,1H3,(H,21,23)(H3,20,22,24)/t15-,16?/m1/s1. The van der Waals surface area contributed by atoms with Crippen molar-refractivity contribution in [2.75, 3.05) is 6.54 Å². The Morgan fingerprint density at radius 2 is 1.79 bits per heavy atom. The number of hydrogen-bond acceptors (Lipinski definition) is 3. The Labute approximate surface area is 141 Å². The molecule has 24 heavy (non-hydrogen) atoms. The number of primary amides is 1. The van der Waals surface area contributed by atoms with Gasteiger partial charge >= 0.3 is 6.03 Å². The molecule has 0 heterocycles. The maximum atomic E-state index is 12.4. The molecule has 128 valence electrons. The number of benzene rings is 2. The third kappa shape index (κ3) is 4.45. The SMILES string of the molecule is CCC[C@@H](NC(N)=O)C(=O)NC(CN)c1ccc2ccccc2c1. The van der Waals surface area contributed by atoms with Gasteiger partial charge in [0, 0.05) is 6.54 Å². The third-order valence-corrected chi connectivity index (χ3v) is 3.94. The summed E-state index contributed by atoms with van der Waals surface area (Å²) >= 11 is 0. The smallest absolute Gasteiger partial charge is 0.312 e. The average molecular weight is 328 g/mol. The molecule has 0 bridgehead atoms. The number of carbonyl (C=O) groups excluding carboxylic acids is 2. The van der Waals surface area contributed by atoms with Gasteiger partial charge in [-0.3, -0.25) is 4.79 Å². The highest BCUT2D eigenvalue weighted by atomic mass is 16.2. The molecule has 6 nitrogen and oxygen atoms in total. The Bertz CT molecular complexity index is 717. The fourth-order valence-corrected chi connectivity index (χ4v) is 2.70. The lowest BCUT2D eigenvalue weighted by Gasteiger charge is -2.22. The maximum Gasteiger partial charge on any atom is 0.312 e. The van der Waals surface area contributed by atoms with Crippen molar-refractivity contribution in [1.82, 2.24) is 10.6 Å². The summed E-state index contributed by atoms with van der Waals surface area (Å²) in [5.41, 5.74) is 11.9. The van der Waals surface area contributed by atoms with Gasteiger partial charge in [0.05, 0.1) is 6.04 Å². The summed E-state index contributed by atoms with van der Waals surface area (Å²) in [5, 5.41) is 7.59. The number of amides is 3. The molecule has 2 aromatic carbocycles. The number of rotatable bonds is 7. The van der Waals surface area contributed by atoms with E-state index in [1.54, 1.807) is 0 Å². The predicted molar refractivity (Wildman–Crippen MR) is 95.3 cm³/mol. The van der Waals surface area contributed by atoms with Crippen molar-refractivity contribution in [3.63, 3.8) is 0 Å². The molecular weight excluding hydrogens is 304 g/mol. The summed E-state index contributed by atoms with van der Waals surface area (Å²) in [6.45, 7) is 2.20. The van der Waals surface area contributed by atoms with Gasteiger partial charge in [-0.25, -0.2) is 4.79 Å². The van der Waals surface area contributed by atoms with Crippen LogP contribution in [0.5, 0.6) is 0 Å². The lowest BCUT2D eigenvalue weighted by Crippen LogP contribution is -2.50. The predicted octanol–water partition coefficient (Wildman–Crippen LogP) is 1.79. The van der Waals surface area contributed by atoms with Crippen LogP contribution in [0.15, 0.2) is 42.5 Å². The molecule has 2 rings (SSSR count). The van der Waals surface area contributed by atoms with E-state index in [4.69, 9.17) is 11.5 Å². The number of nitrogens with two attached hydrogens (primary N) is 2. The van der Waals surface area contributed by atoms with E-state index in [0.29, 0.717) is 6.42 Å². The second kappa shape index (κ2) is 8.31. The number of urea groups is 1. The highest BCUT2D eigenvalue weighted by Gasteiger charge is 2.22. The Balaban J connectivity index is 2.16.